The predicted octanol–water partition coefficient (Wildman–Crippen LogP) is 2.45. The van der Waals surface area contributed by atoms with Crippen LogP contribution in [0.25, 0.3) is 0 Å². The summed E-state index contributed by atoms with van der Waals surface area (Å²) in [6.07, 6.45) is 2.67. The Balaban J connectivity index is 2.59. The molecule has 1 rings (SSSR count). The Morgan fingerprint density at radius 3 is 2.31 bits per heavy atom. The molecule has 1 aliphatic rings. The minimum absolute atomic E-state index is 0.0209. The lowest BCUT2D eigenvalue weighted by Gasteiger charge is -2.38. The van der Waals surface area contributed by atoms with E-state index in [0.717, 1.165) is 32.4 Å². The van der Waals surface area contributed by atoms with E-state index >= 15 is 0 Å². The van der Waals surface area contributed by atoms with Gasteiger partial charge < -0.3 is 9.64 Å². The van der Waals surface area contributed by atoms with E-state index in [1.165, 1.54) is 0 Å². The average molecular weight is 227 g/mol. The summed E-state index contributed by atoms with van der Waals surface area (Å²) < 4.78 is 5.61. The lowest BCUT2D eigenvalue weighted by molar-refractivity contribution is -0.171. The zero-order valence-corrected chi connectivity index (χ0v) is 11.3. The van der Waals surface area contributed by atoms with E-state index in [1.807, 2.05) is 27.7 Å². The van der Waals surface area contributed by atoms with Gasteiger partial charge in [-0.1, -0.05) is 6.92 Å². The predicted molar refractivity (Wildman–Crippen MR) is 65.3 cm³/mol. The van der Waals surface area contributed by atoms with Gasteiger partial charge in [0, 0.05) is 0 Å². The Labute approximate surface area is 99.1 Å². The van der Waals surface area contributed by atoms with Crippen molar-refractivity contribution in [3.63, 3.8) is 0 Å². The number of carbonyl (C=O) groups is 1. The highest BCUT2D eigenvalue weighted by Gasteiger charge is 2.39. The molecule has 0 amide bonds. The van der Waals surface area contributed by atoms with Crippen LogP contribution in [0, 0.1) is 5.41 Å². The molecule has 0 unspecified atom stereocenters. The molecule has 0 saturated carbocycles. The maximum atomic E-state index is 12.2. The summed E-state index contributed by atoms with van der Waals surface area (Å²) in [5.41, 5.74) is -0.609. The minimum Gasteiger partial charge on any atom is -0.459 e. The van der Waals surface area contributed by atoms with Gasteiger partial charge in [-0.05, 0) is 60.2 Å². The number of nitrogens with zero attached hydrogens (tertiary/aromatic N) is 1. The van der Waals surface area contributed by atoms with Crippen LogP contribution in [0.1, 0.15) is 47.0 Å². The molecule has 0 bridgehead atoms. The van der Waals surface area contributed by atoms with Crippen molar-refractivity contribution in [2.24, 2.45) is 5.41 Å². The first kappa shape index (κ1) is 13.5. The van der Waals surface area contributed by atoms with Gasteiger partial charge in [-0.25, -0.2) is 0 Å². The van der Waals surface area contributed by atoms with Crippen LogP contribution in [0.15, 0.2) is 0 Å². The quantitative estimate of drug-likeness (QED) is 0.694. The number of rotatable bonds is 3. The third kappa shape index (κ3) is 3.21. The molecule has 0 N–H and O–H groups in total. The fourth-order valence-electron chi connectivity index (χ4n) is 1.76. The second-order valence-corrected chi connectivity index (χ2v) is 5.87. The van der Waals surface area contributed by atoms with Crippen LogP contribution >= 0.6 is 0 Å². The van der Waals surface area contributed by atoms with E-state index < -0.39 is 0 Å². The van der Waals surface area contributed by atoms with E-state index in [0.29, 0.717) is 0 Å². The molecule has 0 aromatic rings. The fourth-order valence-corrected chi connectivity index (χ4v) is 1.76. The molecule has 0 spiro atoms. The van der Waals surface area contributed by atoms with Crippen molar-refractivity contribution in [2.75, 3.05) is 20.1 Å². The van der Waals surface area contributed by atoms with Gasteiger partial charge in [0.25, 0.3) is 0 Å². The van der Waals surface area contributed by atoms with Crippen molar-refractivity contribution in [2.45, 2.75) is 52.6 Å². The van der Waals surface area contributed by atoms with Gasteiger partial charge in [0.1, 0.15) is 5.60 Å². The molecular weight excluding hydrogens is 202 g/mol. The van der Waals surface area contributed by atoms with Crippen LogP contribution < -0.4 is 0 Å². The van der Waals surface area contributed by atoms with Gasteiger partial charge in [0.15, 0.2) is 0 Å². The third-order valence-electron chi connectivity index (χ3n) is 3.80. The van der Waals surface area contributed by atoms with E-state index in [2.05, 4.69) is 11.9 Å². The zero-order chi connectivity index (χ0) is 12.4. The largest absolute Gasteiger partial charge is 0.459 e. The summed E-state index contributed by atoms with van der Waals surface area (Å²) in [5, 5.41) is 0. The number of hydrogen-bond donors (Lipinski definition) is 0. The molecule has 0 aromatic carbocycles. The molecule has 0 atom stereocenters. The van der Waals surface area contributed by atoms with E-state index in [-0.39, 0.29) is 17.0 Å². The Morgan fingerprint density at radius 1 is 1.38 bits per heavy atom. The summed E-state index contributed by atoms with van der Waals surface area (Å²) >= 11 is 0. The Morgan fingerprint density at radius 2 is 1.88 bits per heavy atom. The van der Waals surface area contributed by atoms with Crippen LogP contribution in [-0.4, -0.2) is 36.6 Å². The highest BCUT2D eigenvalue weighted by molar-refractivity contribution is 5.77. The highest BCUT2D eigenvalue weighted by Crippen LogP contribution is 2.33. The first-order valence-corrected chi connectivity index (χ1v) is 6.21. The molecule has 0 aliphatic carbocycles. The van der Waals surface area contributed by atoms with Crippen LogP contribution in [-0.2, 0) is 9.53 Å². The van der Waals surface area contributed by atoms with Crippen molar-refractivity contribution in [1.82, 2.24) is 4.90 Å². The van der Waals surface area contributed by atoms with Gasteiger partial charge in [-0.3, -0.25) is 4.79 Å². The molecule has 1 fully saturated rings. The van der Waals surface area contributed by atoms with E-state index in [1.54, 1.807) is 0 Å². The Kier molecular flexibility index (Phi) is 4.00. The van der Waals surface area contributed by atoms with E-state index in [4.69, 9.17) is 4.74 Å². The second kappa shape index (κ2) is 4.74. The van der Waals surface area contributed by atoms with Crippen LogP contribution in [0.2, 0.25) is 0 Å². The lowest BCUT2D eigenvalue weighted by atomic mass is 9.80. The third-order valence-corrected chi connectivity index (χ3v) is 3.80. The smallest absolute Gasteiger partial charge is 0.312 e. The first-order valence-electron chi connectivity index (χ1n) is 6.21. The second-order valence-electron chi connectivity index (χ2n) is 5.87. The highest BCUT2D eigenvalue weighted by atomic mass is 16.6. The molecule has 1 aliphatic heterocycles. The molecule has 0 aromatic heterocycles. The van der Waals surface area contributed by atoms with Crippen molar-refractivity contribution < 1.29 is 9.53 Å². The van der Waals surface area contributed by atoms with Gasteiger partial charge in [0.2, 0.25) is 0 Å². The maximum Gasteiger partial charge on any atom is 0.312 e. The van der Waals surface area contributed by atoms with E-state index in [9.17, 15) is 4.79 Å². The topological polar surface area (TPSA) is 29.5 Å². The zero-order valence-electron chi connectivity index (χ0n) is 11.3. The molecule has 1 saturated heterocycles. The summed E-state index contributed by atoms with van der Waals surface area (Å²) in [6.45, 7) is 10.0. The Hall–Kier alpha value is -0.570. The Bertz CT molecular complexity index is 253. The minimum atomic E-state index is -0.330. The SMILES string of the molecule is CCC(C)(C)OC(=O)C1(C)CCN(C)CC1. The summed E-state index contributed by atoms with van der Waals surface area (Å²) in [5.74, 6) is -0.0209. The van der Waals surface area contributed by atoms with Crippen LogP contribution in [0.5, 0.6) is 0 Å². The van der Waals surface area contributed by atoms with Crippen molar-refractivity contribution in [3.8, 4) is 0 Å². The number of hydrogen-bond acceptors (Lipinski definition) is 3. The number of piperidine rings is 1. The van der Waals surface area contributed by atoms with Crippen molar-refractivity contribution >= 4 is 5.97 Å². The number of esters is 1. The summed E-state index contributed by atoms with van der Waals surface area (Å²) in [7, 11) is 2.10. The maximum absolute atomic E-state index is 12.2. The fraction of sp³-hybridized carbons (Fsp3) is 0.923. The summed E-state index contributed by atoms with van der Waals surface area (Å²) in [6, 6.07) is 0. The molecule has 16 heavy (non-hydrogen) atoms. The number of ether oxygens (including phenoxy) is 1. The monoisotopic (exact) mass is 227 g/mol. The van der Waals surface area contributed by atoms with Crippen molar-refractivity contribution in [3.05, 3.63) is 0 Å². The molecule has 94 valence electrons. The molecule has 0 radical (unpaired) electrons. The standard InChI is InChI=1S/C13H25NO2/c1-6-12(2,3)16-11(15)13(4)7-9-14(5)10-8-13/h6-10H2,1-5H3. The first-order chi connectivity index (χ1) is 7.29. The lowest BCUT2D eigenvalue weighted by Crippen LogP contribution is -2.44. The molecular formula is C13H25NO2. The van der Waals surface area contributed by atoms with Crippen LogP contribution in [0.3, 0.4) is 0 Å². The van der Waals surface area contributed by atoms with Crippen molar-refractivity contribution in [1.29, 1.82) is 0 Å². The number of carbonyl (C=O) groups excluding carboxylic acids is 1. The average Bonchev–Trinajstić information content (AvgIpc) is 2.22. The van der Waals surface area contributed by atoms with Gasteiger partial charge >= 0.3 is 5.97 Å². The summed E-state index contributed by atoms with van der Waals surface area (Å²) in [4.78, 5) is 14.4. The van der Waals surface area contributed by atoms with Gasteiger partial charge in [-0.2, -0.15) is 0 Å². The molecule has 1 heterocycles. The molecule has 3 heteroatoms. The van der Waals surface area contributed by atoms with Gasteiger partial charge in [-0.15, -0.1) is 0 Å². The number of likely N-dealkylation sites (tertiary alicyclic amines) is 1. The van der Waals surface area contributed by atoms with Crippen LogP contribution in [0.4, 0.5) is 0 Å². The normalized spacial score (nSPS) is 21.8. The molecule has 3 nitrogen and oxygen atoms in total. The van der Waals surface area contributed by atoms with Gasteiger partial charge in [0.05, 0.1) is 5.41 Å².